The number of amides is 2. The molecule has 0 bridgehead atoms. The van der Waals surface area contributed by atoms with Crippen molar-refractivity contribution in [3.05, 3.63) is 94.0 Å². The zero-order chi connectivity index (χ0) is 23.0. The van der Waals surface area contributed by atoms with E-state index in [0.29, 0.717) is 11.1 Å². The topological polar surface area (TPSA) is 81.3 Å². The maximum Gasteiger partial charge on any atom is 0.283 e. The van der Waals surface area contributed by atoms with Gasteiger partial charge in [0.05, 0.1) is 28.4 Å². The van der Waals surface area contributed by atoms with Crippen LogP contribution in [-0.4, -0.2) is 33.0 Å². The van der Waals surface area contributed by atoms with E-state index < -0.39 is 11.8 Å². The number of carbonyl (C=O) groups excluding carboxylic acids is 2. The monoisotopic (exact) mass is 506 g/mol. The Morgan fingerprint density at radius 1 is 0.706 bits per heavy atom. The van der Waals surface area contributed by atoms with Crippen LogP contribution in [0, 0.1) is 0 Å². The molecule has 0 aliphatic carbocycles. The zero-order valence-electron chi connectivity index (χ0n) is 17.6. The lowest BCUT2D eigenvalue weighted by molar-refractivity contribution is 0.0661. The van der Waals surface area contributed by atoms with E-state index in [0.717, 1.165) is 58.7 Å². The van der Waals surface area contributed by atoms with E-state index in [1.54, 1.807) is 0 Å². The van der Waals surface area contributed by atoms with Crippen LogP contribution in [-0.2, 0) is 0 Å². The molecule has 0 saturated carbocycles. The average molecular weight is 507 g/mol. The standard InChI is InChI=1S/C27H15BrN4O2/c28-15-11-9-14(10-12-15)13-29-32-26(33)22-20-16-5-1-3-7-18(16)30-24(20)25-21(23(22)27(32)34)17-6-2-4-8-19(17)31-25/h1-13,30-31H/b29-13+. The summed E-state index contributed by atoms with van der Waals surface area (Å²) in [5.41, 5.74) is 5.00. The normalized spacial score (nSPS) is 14.0. The number of carbonyl (C=O) groups is 2. The number of aromatic nitrogens is 2. The Morgan fingerprint density at radius 2 is 1.21 bits per heavy atom. The first kappa shape index (κ1) is 19.3. The largest absolute Gasteiger partial charge is 0.353 e. The number of rotatable bonds is 2. The van der Waals surface area contributed by atoms with Crippen LogP contribution in [0.15, 0.2) is 82.4 Å². The number of imide groups is 1. The molecule has 162 valence electrons. The summed E-state index contributed by atoms with van der Waals surface area (Å²) >= 11 is 3.41. The van der Waals surface area contributed by atoms with E-state index in [2.05, 4.69) is 31.0 Å². The number of hydrazone groups is 1. The smallest absolute Gasteiger partial charge is 0.283 e. The highest BCUT2D eigenvalue weighted by molar-refractivity contribution is 9.10. The number of para-hydroxylation sites is 2. The number of aromatic amines is 2. The Kier molecular flexibility index (Phi) is 3.90. The van der Waals surface area contributed by atoms with Gasteiger partial charge in [0.2, 0.25) is 0 Å². The molecule has 1 aliphatic heterocycles. The maximum atomic E-state index is 13.7. The number of fused-ring (bicyclic) bond motifs is 10. The second kappa shape index (κ2) is 6.88. The van der Waals surface area contributed by atoms with Crippen molar-refractivity contribution in [1.82, 2.24) is 15.0 Å². The molecule has 2 aromatic heterocycles. The zero-order valence-corrected chi connectivity index (χ0v) is 19.2. The van der Waals surface area contributed by atoms with E-state index in [1.165, 1.54) is 6.21 Å². The Morgan fingerprint density at radius 3 is 1.74 bits per heavy atom. The molecule has 6 aromatic rings. The van der Waals surface area contributed by atoms with Crippen LogP contribution in [0.4, 0.5) is 0 Å². The van der Waals surface area contributed by atoms with Crippen molar-refractivity contribution >= 4 is 77.6 Å². The van der Waals surface area contributed by atoms with Crippen LogP contribution < -0.4 is 0 Å². The lowest BCUT2D eigenvalue weighted by atomic mass is 9.97. The highest BCUT2D eigenvalue weighted by atomic mass is 79.9. The first-order chi connectivity index (χ1) is 16.6. The highest BCUT2D eigenvalue weighted by Gasteiger charge is 2.41. The molecule has 2 N–H and O–H groups in total. The number of benzene rings is 4. The minimum absolute atomic E-state index is 0.391. The van der Waals surface area contributed by atoms with Crippen LogP contribution in [0.2, 0.25) is 0 Å². The van der Waals surface area contributed by atoms with Crippen LogP contribution in [0.25, 0.3) is 43.6 Å². The van der Waals surface area contributed by atoms with Gasteiger partial charge in [-0.3, -0.25) is 9.59 Å². The van der Waals surface area contributed by atoms with E-state index in [1.807, 2.05) is 72.8 Å². The third-order valence-corrected chi connectivity index (χ3v) is 6.95. The molecule has 1 aliphatic rings. The maximum absolute atomic E-state index is 13.7. The minimum Gasteiger partial charge on any atom is -0.353 e. The molecule has 0 fully saturated rings. The fraction of sp³-hybridized carbons (Fsp3) is 0. The van der Waals surface area contributed by atoms with Gasteiger partial charge in [-0.1, -0.05) is 64.5 Å². The van der Waals surface area contributed by atoms with Crippen LogP contribution in [0.1, 0.15) is 26.3 Å². The fourth-order valence-corrected chi connectivity index (χ4v) is 5.20. The second-order valence-corrected chi connectivity index (χ2v) is 9.23. The predicted molar refractivity (Wildman–Crippen MR) is 137 cm³/mol. The molecule has 6 nitrogen and oxygen atoms in total. The van der Waals surface area contributed by atoms with Gasteiger partial charge in [0, 0.05) is 37.1 Å². The molecule has 0 saturated heterocycles. The van der Waals surface area contributed by atoms with Gasteiger partial charge in [-0.2, -0.15) is 10.1 Å². The number of hydrogen-bond donors (Lipinski definition) is 2. The molecular weight excluding hydrogens is 492 g/mol. The van der Waals surface area contributed by atoms with E-state index in [4.69, 9.17) is 0 Å². The number of H-pyrrole nitrogens is 2. The highest BCUT2D eigenvalue weighted by Crippen LogP contribution is 2.43. The number of nitrogens with zero attached hydrogens (tertiary/aromatic N) is 2. The lowest BCUT2D eigenvalue weighted by Gasteiger charge is -2.05. The van der Waals surface area contributed by atoms with Crippen molar-refractivity contribution in [1.29, 1.82) is 0 Å². The molecule has 7 rings (SSSR count). The number of hydrogen-bond acceptors (Lipinski definition) is 3. The van der Waals surface area contributed by atoms with Crippen LogP contribution in [0.3, 0.4) is 0 Å². The Balaban J connectivity index is 1.55. The lowest BCUT2D eigenvalue weighted by Crippen LogP contribution is -2.24. The molecule has 0 unspecified atom stereocenters. The third-order valence-electron chi connectivity index (χ3n) is 6.42. The Bertz CT molecular complexity index is 1750. The molecule has 3 heterocycles. The van der Waals surface area contributed by atoms with Gasteiger partial charge in [0.1, 0.15) is 0 Å². The molecule has 2 amide bonds. The number of halogens is 1. The van der Waals surface area contributed by atoms with Crippen molar-refractivity contribution in [3.63, 3.8) is 0 Å². The van der Waals surface area contributed by atoms with Gasteiger partial charge in [0.25, 0.3) is 11.8 Å². The summed E-state index contributed by atoms with van der Waals surface area (Å²) in [6.45, 7) is 0. The first-order valence-electron chi connectivity index (χ1n) is 10.8. The van der Waals surface area contributed by atoms with Gasteiger partial charge < -0.3 is 9.97 Å². The Labute approximate surface area is 201 Å². The molecule has 7 heteroatoms. The minimum atomic E-state index is -0.421. The summed E-state index contributed by atoms with van der Waals surface area (Å²) in [7, 11) is 0. The number of nitrogens with one attached hydrogen (secondary N) is 2. The van der Waals surface area contributed by atoms with E-state index >= 15 is 0 Å². The molecule has 0 atom stereocenters. The van der Waals surface area contributed by atoms with Crippen molar-refractivity contribution in [2.45, 2.75) is 0 Å². The molecule has 0 spiro atoms. The average Bonchev–Trinajstić information content (AvgIpc) is 3.49. The fourth-order valence-electron chi connectivity index (χ4n) is 4.94. The van der Waals surface area contributed by atoms with Crippen molar-refractivity contribution in [2.75, 3.05) is 0 Å². The summed E-state index contributed by atoms with van der Waals surface area (Å²) in [6.07, 6.45) is 1.53. The summed E-state index contributed by atoms with van der Waals surface area (Å²) in [5, 5.41) is 8.57. The summed E-state index contributed by atoms with van der Waals surface area (Å²) < 4.78 is 0.939. The van der Waals surface area contributed by atoms with E-state index in [-0.39, 0.29) is 0 Å². The van der Waals surface area contributed by atoms with Crippen LogP contribution in [0.5, 0.6) is 0 Å². The van der Waals surface area contributed by atoms with Gasteiger partial charge in [0.15, 0.2) is 0 Å². The van der Waals surface area contributed by atoms with Gasteiger partial charge in [-0.15, -0.1) is 0 Å². The molecule has 34 heavy (non-hydrogen) atoms. The summed E-state index contributed by atoms with van der Waals surface area (Å²) in [5.74, 6) is -0.842. The third kappa shape index (κ3) is 2.53. The van der Waals surface area contributed by atoms with Crippen LogP contribution >= 0.6 is 15.9 Å². The van der Waals surface area contributed by atoms with E-state index in [9.17, 15) is 9.59 Å². The first-order valence-corrected chi connectivity index (χ1v) is 11.6. The van der Waals surface area contributed by atoms with Gasteiger partial charge in [-0.25, -0.2) is 0 Å². The van der Waals surface area contributed by atoms with Crippen molar-refractivity contribution in [3.8, 4) is 0 Å². The molecular formula is C27H15BrN4O2. The Hall–Kier alpha value is -4.23. The quantitative estimate of drug-likeness (QED) is 0.212. The summed E-state index contributed by atoms with van der Waals surface area (Å²) in [4.78, 5) is 34.3. The summed E-state index contributed by atoms with van der Waals surface area (Å²) in [6, 6.07) is 23.1. The predicted octanol–water partition coefficient (Wildman–Crippen LogP) is 6.35. The SMILES string of the molecule is O=C1c2c(c3c4ccccc4[nH]c3c3[nH]c4ccccc4c23)C(=O)N1/N=C/c1ccc(Br)cc1. The van der Waals surface area contributed by atoms with Crippen molar-refractivity contribution in [2.24, 2.45) is 5.10 Å². The molecule has 4 aromatic carbocycles. The van der Waals surface area contributed by atoms with Gasteiger partial charge >= 0.3 is 0 Å². The van der Waals surface area contributed by atoms with Gasteiger partial charge in [-0.05, 0) is 29.8 Å². The second-order valence-electron chi connectivity index (χ2n) is 8.31. The van der Waals surface area contributed by atoms with Crippen molar-refractivity contribution < 1.29 is 9.59 Å². The molecule has 0 radical (unpaired) electrons.